The summed E-state index contributed by atoms with van der Waals surface area (Å²) >= 11 is 0. The van der Waals surface area contributed by atoms with Gasteiger partial charge in [0.1, 0.15) is 0 Å². The molecule has 0 bridgehead atoms. The lowest BCUT2D eigenvalue weighted by molar-refractivity contribution is -0.123. The largest absolute Gasteiger partial charge is 0.330 e. The Balaban J connectivity index is 2.50. The van der Waals surface area contributed by atoms with Gasteiger partial charge in [0.15, 0.2) is 0 Å². The number of nitrogens with one attached hydrogen (secondary N) is 1. The first kappa shape index (κ1) is 10.0. The van der Waals surface area contributed by atoms with Crippen LogP contribution in [0.15, 0.2) is 23.9 Å². The predicted octanol–water partition coefficient (Wildman–Crippen LogP) is 2.24. The van der Waals surface area contributed by atoms with Crippen molar-refractivity contribution in [3.8, 4) is 0 Å². The van der Waals surface area contributed by atoms with Gasteiger partial charge in [-0.15, -0.1) is 0 Å². The average Bonchev–Trinajstić information content (AvgIpc) is 2.04. The molecular formula is C11H17NO. The average molecular weight is 179 g/mol. The second kappa shape index (κ2) is 4.26. The van der Waals surface area contributed by atoms with Crippen LogP contribution in [0.4, 0.5) is 0 Å². The number of hydrogen-bond acceptors (Lipinski definition) is 1. The predicted molar refractivity (Wildman–Crippen MR) is 54.0 cm³/mol. The van der Waals surface area contributed by atoms with Gasteiger partial charge in [0.25, 0.3) is 0 Å². The van der Waals surface area contributed by atoms with Crippen LogP contribution < -0.4 is 5.32 Å². The van der Waals surface area contributed by atoms with Crippen molar-refractivity contribution in [2.24, 2.45) is 11.8 Å². The van der Waals surface area contributed by atoms with Gasteiger partial charge in [0.05, 0.1) is 0 Å². The fourth-order valence-corrected chi connectivity index (χ4v) is 1.24. The quantitative estimate of drug-likeness (QED) is 0.692. The van der Waals surface area contributed by atoms with Crippen LogP contribution >= 0.6 is 0 Å². The van der Waals surface area contributed by atoms with E-state index in [-0.39, 0.29) is 11.8 Å². The highest BCUT2D eigenvalue weighted by atomic mass is 16.1. The SMILES string of the molecule is CC1C=CC=C(NC(=O)C(C)C)C1. The summed E-state index contributed by atoms with van der Waals surface area (Å²) in [6.07, 6.45) is 7.06. The maximum Gasteiger partial charge on any atom is 0.226 e. The van der Waals surface area contributed by atoms with Gasteiger partial charge in [0, 0.05) is 11.6 Å². The van der Waals surface area contributed by atoms with E-state index in [0.717, 1.165) is 12.1 Å². The zero-order valence-corrected chi connectivity index (χ0v) is 8.50. The van der Waals surface area contributed by atoms with E-state index in [2.05, 4.69) is 18.3 Å². The Kier molecular flexibility index (Phi) is 3.29. The molecule has 72 valence electrons. The van der Waals surface area contributed by atoms with Crippen LogP contribution in [0, 0.1) is 11.8 Å². The van der Waals surface area contributed by atoms with E-state index in [9.17, 15) is 4.79 Å². The Morgan fingerprint density at radius 3 is 2.85 bits per heavy atom. The molecule has 0 aliphatic heterocycles. The number of hydrogen-bond donors (Lipinski definition) is 1. The van der Waals surface area contributed by atoms with Crippen molar-refractivity contribution in [3.63, 3.8) is 0 Å². The number of amides is 1. The van der Waals surface area contributed by atoms with Crippen molar-refractivity contribution in [2.45, 2.75) is 27.2 Å². The van der Waals surface area contributed by atoms with Crippen LogP contribution in [0.2, 0.25) is 0 Å². The van der Waals surface area contributed by atoms with Gasteiger partial charge < -0.3 is 5.32 Å². The first-order valence-corrected chi connectivity index (χ1v) is 4.78. The summed E-state index contributed by atoms with van der Waals surface area (Å²) in [6, 6.07) is 0. The molecule has 2 nitrogen and oxygen atoms in total. The molecule has 1 amide bonds. The molecule has 0 radical (unpaired) electrons. The molecule has 0 heterocycles. The summed E-state index contributed by atoms with van der Waals surface area (Å²) < 4.78 is 0. The van der Waals surface area contributed by atoms with Gasteiger partial charge in [0.2, 0.25) is 5.91 Å². The summed E-state index contributed by atoms with van der Waals surface area (Å²) in [7, 11) is 0. The smallest absolute Gasteiger partial charge is 0.226 e. The third kappa shape index (κ3) is 3.05. The number of carbonyl (C=O) groups excluding carboxylic acids is 1. The van der Waals surface area contributed by atoms with Crippen molar-refractivity contribution < 1.29 is 4.79 Å². The normalized spacial score (nSPS) is 21.5. The first-order valence-electron chi connectivity index (χ1n) is 4.78. The molecule has 1 aliphatic rings. The third-order valence-electron chi connectivity index (χ3n) is 2.09. The number of carbonyl (C=O) groups is 1. The van der Waals surface area contributed by atoms with Crippen molar-refractivity contribution in [1.82, 2.24) is 5.32 Å². The maximum atomic E-state index is 11.3. The van der Waals surface area contributed by atoms with Crippen LogP contribution in [0.1, 0.15) is 27.2 Å². The minimum absolute atomic E-state index is 0.0575. The molecule has 13 heavy (non-hydrogen) atoms. The zero-order valence-electron chi connectivity index (χ0n) is 8.50. The van der Waals surface area contributed by atoms with E-state index in [0.29, 0.717) is 5.92 Å². The fraction of sp³-hybridized carbons (Fsp3) is 0.545. The highest BCUT2D eigenvalue weighted by Crippen LogP contribution is 2.15. The van der Waals surface area contributed by atoms with Gasteiger partial charge in [-0.2, -0.15) is 0 Å². The zero-order chi connectivity index (χ0) is 9.84. The Morgan fingerprint density at radius 1 is 1.62 bits per heavy atom. The van der Waals surface area contributed by atoms with Crippen LogP contribution in [-0.4, -0.2) is 5.91 Å². The van der Waals surface area contributed by atoms with Crippen LogP contribution in [-0.2, 0) is 4.79 Å². The van der Waals surface area contributed by atoms with E-state index in [1.54, 1.807) is 0 Å². The van der Waals surface area contributed by atoms with Gasteiger partial charge >= 0.3 is 0 Å². The third-order valence-corrected chi connectivity index (χ3v) is 2.09. The monoisotopic (exact) mass is 179 g/mol. The lowest BCUT2D eigenvalue weighted by Crippen LogP contribution is -2.28. The fourth-order valence-electron chi connectivity index (χ4n) is 1.24. The number of rotatable bonds is 2. The second-order valence-electron chi connectivity index (χ2n) is 3.90. The van der Waals surface area contributed by atoms with E-state index in [1.807, 2.05) is 26.0 Å². The summed E-state index contributed by atoms with van der Waals surface area (Å²) in [4.78, 5) is 11.3. The van der Waals surface area contributed by atoms with Gasteiger partial charge in [-0.3, -0.25) is 4.79 Å². The Morgan fingerprint density at radius 2 is 2.31 bits per heavy atom. The van der Waals surface area contributed by atoms with Crippen LogP contribution in [0.25, 0.3) is 0 Å². The summed E-state index contributed by atoms with van der Waals surface area (Å²) in [6.45, 7) is 5.95. The topological polar surface area (TPSA) is 29.1 Å². The second-order valence-corrected chi connectivity index (χ2v) is 3.90. The minimum atomic E-state index is 0.0575. The summed E-state index contributed by atoms with van der Waals surface area (Å²) in [5, 5.41) is 2.92. The standard InChI is InChI=1S/C11H17NO/c1-8(2)11(13)12-10-6-4-5-9(3)7-10/h4-6,8-9H,7H2,1-3H3,(H,12,13). The van der Waals surface area contributed by atoms with Gasteiger partial charge in [-0.1, -0.05) is 32.9 Å². The molecule has 0 fully saturated rings. The molecule has 0 aromatic heterocycles. The minimum Gasteiger partial charge on any atom is -0.330 e. The molecule has 1 atom stereocenters. The van der Waals surface area contributed by atoms with Crippen molar-refractivity contribution in [1.29, 1.82) is 0 Å². The van der Waals surface area contributed by atoms with Gasteiger partial charge in [-0.05, 0) is 18.4 Å². The summed E-state index contributed by atoms with van der Waals surface area (Å²) in [5.41, 5.74) is 1.04. The lowest BCUT2D eigenvalue weighted by atomic mass is 10.00. The van der Waals surface area contributed by atoms with Crippen molar-refractivity contribution >= 4 is 5.91 Å². The lowest BCUT2D eigenvalue weighted by Gasteiger charge is -2.16. The molecule has 1 aliphatic carbocycles. The van der Waals surface area contributed by atoms with E-state index < -0.39 is 0 Å². The summed E-state index contributed by atoms with van der Waals surface area (Å²) in [5.74, 6) is 0.698. The molecule has 0 saturated carbocycles. The van der Waals surface area contributed by atoms with Crippen molar-refractivity contribution in [3.05, 3.63) is 23.9 Å². The Labute approximate surface area is 79.7 Å². The Hall–Kier alpha value is -1.05. The molecule has 0 aromatic rings. The Bertz CT molecular complexity index is 251. The number of allylic oxidation sites excluding steroid dienone is 4. The highest BCUT2D eigenvalue weighted by Gasteiger charge is 2.11. The highest BCUT2D eigenvalue weighted by molar-refractivity contribution is 5.79. The molecule has 1 rings (SSSR count). The van der Waals surface area contributed by atoms with E-state index >= 15 is 0 Å². The molecule has 0 spiro atoms. The van der Waals surface area contributed by atoms with E-state index in [4.69, 9.17) is 0 Å². The maximum absolute atomic E-state index is 11.3. The molecule has 0 aromatic carbocycles. The van der Waals surface area contributed by atoms with Crippen LogP contribution in [0.3, 0.4) is 0 Å². The van der Waals surface area contributed by atoms with Gasteiger partial charge in [-0.25, -0.2) is 0 Å². The molecule has 1 N–H and O–H groups in total. The molecule has 0 saturated heterocycles. The van der Waals surface area contributed by atoms with Crippen LogP contribution in [0.5, 0.6) is 0 Å². The first-order chi connectivity index (χ1) is 6.09. The van der Waals surface area contributed by atoms with E-state index in [1.165, 1.54) is 0 Å². The molecular weight excluding hydrogens is 162 g/mol. The molecule has 2 heteroatoms. The van der Waals surface area contributed by atoms with Crippen molar-refractivity contribution in [2.75, 3.05) is 0 Å². The molecule has 1 unspecified atom stereocenters.